The minimum absolute atomic E-state index is 0.0344. The van der Waals surface area contributed by atoms with Crippen molar-refractivity contribution in [2.24, 2.45) is 0 Å². The second-order valence-corrected chi connectivity index (χ2v) is 6.58. The number of ketones is 1. The Labute approximate surface area is 128 Å². The normalized spacial score (nSPS) is 11.4. The van der Waals surface area contributed by atoms with E-state index in [4.69, 9.17) is 0 Å². The number of hydrogen-bond donors (Lipinski definition) is 0. The minimum atomic E-state index is -0.0344. The maximum Gasteiger partial charge on any atom is 0.193 e. The Balaban J connectivity index is 2.43. The lowest BCUT2D eigenvalue weighted by atomic mass is 9.81. The summed E-state index contributed by atoms with van der Waals surface area (Å²) in [7, 11) is 0. The molecule has 0 aliphatic rings. The highest BCUT2D eigenvalue weighted by Crippen LogP contribution is 2.27. The van der Waals surface area contributed by atoms with Crippen LogP contribution in [0.1, 0.15) is 61.2 Å². The number of hydrogen-bond acceptors (Lipinski definition) is 1. The number of benzene rings is 2. The first-order valence-corrected chi connectivity index (χ1v) is 7.66. The third-order valence-corrected chi connectivity index (χ3v) is 3.71. The Morgan fingerprint density at radius 3 is 2.38 bits per heavy atom. The molecule has 2 aromatic rings. The molecular weight excluding hydrogens is 256 g/mol. The predicted molar refractivity (Wildman–Crippen MR) is 89.0 cm³/mol. The second-order valence-electron chi connectivity index (χ2n) is 6.58. The van der Waals surface area contributed by atoms with E-state index < -0.39 is 0 Å². The molecular formula is C20H24O. The fraction of sp³-hybridized carbons (Fsp3) is 0.350. The Bertz CT molecular complexity index is 632. The molecule has 0 saturated carbocycles. The molecule has 0 aliphatic heterocycles. The van der Waals surface area contributed by atoms with Crippen molar-refractivity contribution >= 4 is 5.78 Å². The third-order valence-electron chi connectivity index (χ3n) is 3.71. The summed E-state index contributed by atoms with van der Waals surface area (Å²) in [5.74, 6) is 0.124. The van der Waals surface area contributed by atoms with E-state index in [0.29, 0.717) is 0 Å². The van der Waals surface area contributed by atoms with Crippen LogP contribution in [0.25, 0.3) is 0 Å². The monoisotopic (exact) mass is 280 g/mol. The zero-order valence-electron chi connectivity index (χ0n) is 13.4. The molecule has 0 N–H and O–H groups in total. The first-order valence-electron chi connectivity index (χ1n) is 7.66. The fourth-order valence-electron chi connectivity index (χ4n) is 2.65. The maximum atomic E-state index is 12.9. The van der Waals surface area contributed by atoms with E-state index in [1.54, 1.807) is 0 Å². The van der Waals surface area contributed by atoms with Crippen LogP contribution >= 0.6 is 0 Å². The van der Waals surface area contributed by atoms with Crippen LogP contribution in [-0.2, 0) is 11.8 Å². The van der Waals surface area contributed by atoms with Gasteiger partial charge in [0, 0.05) is 11.1 Å². The van der Waals surface area contributed by atoms with Crippen LogP contribution in [0, 0.1) is 0 Å². The van der Waals surface area contributed by atoms with E-state index in [1.165, 1.54) is 5.56 Å². The zero-order chi connectivity index (χ0) is 15.5. The first kappa shape index (κ1) is 15.5. The lowest BCUT2D eigenvalue weighted by Crippen LogP contribution is -2.17. The molecule has 1 heteroatoms. The quantitative estimate of drug-likeness (QED) is 0.706. The molecule has 0 heterocycles. The standard InChI is InChI=1S/C20H24O/c1-5-9-15-10-8-11-16(14-15)19(21)17-12-6-7-13-18(17)20(2,3)4/h6-8,10-14H,5,9H2,1-4H3. The number of carbonyl (C=O) groups excluding carboxylic acids is 1. The molecule has 0 radical (unpaired) electrons. The van der Waals surface area contributed by atoms with Gasteiger partial charge in [0.2, 0.25) is 0 Å². The van der Waals surface area contributed by atoms with Crippen molar-refractivity contribution in [3.63, 3.8) is 0 Å². The van der Waals surface area contributed by atoms with Crippen LogP contribution in [0.4, 0.5) is 0 Å². The van der Waals surface area contributed by atoms with Crippen molar-refractivity contribution in [3.05, 3.63) is 70.8 Å². The molecule has 0 bridgehead atoms. The smallest absolute Gasteiger partial charge is 0.193 e. The summed E-state index contributed by atoms with van der Waals surface area (Å²) in [5, 5.41) is 0. The van der Waals surface area contributed by atoms with Gasteiger partial charge in [-0.1, -0.05) is 76.6 Å². The second kappa shape index (κ2) is 6.26. The van der Waals surface area contributed by atoms with Gasteiger partial charge < -0.3 is 0 Å². The maximum absolute atomic E-state index is 12.9. The Morgan fingerprint density at radius 2 is 1.71 bits per heavy atom. The molecule has 1 nitrogen and oxygen atoms in total. The average Bonchev–Trinajstić information content (AvgIpc) is 2.46. The van der Waals surface area contributed by atoms with Crippen molar-refractivity contribution in [1.29, 1.82) is 0 Å². The summed E-state index contributed by atoms with van der Waals surface area (Å²) in [6, 6.07) is 16.0. The van der Waals surface area contributed by atoms with E-state index in [9.17, 15) is 4.79 Å². The molecule has 110 valence electrons. The highest BCUT2D eigenvalue weighted by atomic mass is 16.1. The molecule has 2 rings (SSSR count). The van der Waals surface area contributed by atoms with Crippen molar-refractivity contribution in [3.8, 4) is 0 Å². The number of rotatable bonds is 4. The molecule has 0 aromatic heterocycles. The van der Waals surface area contributed by atoms with E-state index in [1.807, 2.05) is 36.4 Å². The van der Waals surface area contributed by atoms with Crippen molar-refractivity contribution in [1.82, 2.24) is 0 Å². The fourth-order valence-corrected chi connectivity index (χ4v) is 2.65. The van der Waals surface area contributed by atoms with E-state index in [-0.39, 0.29) is 11.2 Å². The van der Waals surface area contributed by atoms with Crippen LogP contribution < -0.4 is 0 Å². The van der Waals surface area contributed by atoms with Crippen LogP contribution in [-0.4, -0.2) is 5.78 Å². The van der Waals surface area contributed by atoms with Crippen molar-refractivity contribution < 1.29 is 4.79 Å². The van der Waals surface area contributed by atoms with Gasteiger partial charge in [-0.25, -0.2) is 0 Å². The van der Waals surface area contributed by atoms with Gasteiger partial charge in [0.15, 0.2) is 5.78 Å². The van der Waals surface area contributed by atoms with E-state index in [2.05, 4.69) is 39.8 Å². The third kappa shape index (κ3) is 3.60. The lowest BCUT2D eigenvalue weighted by Gasteiger charge is -2.22. The van der Waals surface area contributed by atoms with Gasteiger partial charge in [0.05, 0.1) is 0 Å². The van der Waals surface area contributed by atoms with Crippen LogP contribution in [0.15, 0.2) is 48.5 Å². The molecule has 0 spiro atoms. The lowest BCUT2D eigenvalue weighted by molar-refractivity contribution is 0.103. The Hall–Kier alpha value is -1.89. The first-order chi connectivity index (χ1) is 9.93. The number of carbonyl (C=O) groups is 1. The van der Waals surface area contributed by atoms with Gasteiger partial charge in [0.1, 0.15) is 0 Å². The molecule has 0 amide bonds. The Morgan fingerprint density at radius 1 is 1.00 bits per heavy atom. The van der Waals surface area contributed by atoms with Crippen molar-refractivity contribution in [2.45, 2.75) is 46.0 Å². The molecule has 0 fully saturated rings. The Kier molecular flexibility index (Phi) is 4.62. The molecule has 21 heavy (non-hydrogen) atoms. The molecule has 0 unspecified atom stereocenters. The average molecular weight is 280 g/mol. The summed E-state index contributed by atoms with van der Waals surface area (Å²) >= 11 is 0. The van der Waals surface area contributed by atoms with Gasteiger partial charge in [-0.3, -0.25) is 4.79 Å². The van der Waals surface area contributed by atoms with Crippen LogP contribution in [0.3, 0.4) is 0 Å². The highest BCUT2D eigenvalue weighted by Gasteiger charge is 2.21. The van der Waals surface area contributed by atoms with E-state index in [0.717, 1.165) is 29.5 Å². The van der Waals surface area contributed by atoms with Crippen LogP contribution in [0.2, 0.25) is 0 Å². The molecule has 0 saturated heterocycles. The molecule has 0 aliphatic carbocycles. The SMILES string of the molecule is CCCc1cccc(C(=O)c2ccccc2C(C)(C)C)c1. The summed E-state index contributed by atoms with van der Waals surface area (Å²) in [6.07, 6.45) is 2.11. The van der Waals surface area contributed by atoms with Gasteiger partial charge in [-0.05, 0) is 29.0 Å². The zero-order valence-corrected chi connectivity index (χ0v) is 13.4. The topological polar surface area (TPSA) is 17.1 Å². The summed E-state index contributed by atoms with van der Waals surface area (Å²) in [5.41, 5.74) is 3.91. The van der Waals surface area contributed by atoms with Crippen molar-refractivity contribution in [2.75, 3.05) is 0 Å². The molecule has 0 atom stereocenters. The predicted octanol–water partition coefficient (Wildman–Crippen LogP) is 5.17. The van der Waals surface area contributed by atoms with Gasteiger partial charge in [-0.2, -0.15) is 0 Å². The van der Waals surface area contributed by atoms with Gasteiger partial charge in [-0.15, -0.1) is 0 Å². The summed E-state index contributed by atoms with van der Waals surface area (Å²) < 4.78 is 0. The largest absolute Gasteiger partial charge is 0.289 e. The highest BCUT2D eigenvalue weighted by molar-refractivity contribution is 6.10. The van der Waals surface area contributed by atoms with Gasteiger partial charge in [0.25, 0.3) is 0 Å². The number of aryl methyl sites for hydroxylation is 1. The van der Waals surface area contributed by atoms with Gasteiger partial charge >= 0.3 is 0 Å². The van der Waals surface area contributed by atoms with Crippen LogP contribution in [0.5, 0.6) is 0 Å². The molecule has 2 aromatic carbocycles. The van der Waals surface area contributed by atoms with E-state index >= 15 is 0 Å². The summed E-state index contributed by atoms with van der Waals surface area (Å²) in [6.45, 7) is 8.59. The summed E-state index contributed by atoms with van der Waals surface area (Å²) in [4.78, 5) is 12.9. The minimum Gasteiger partial charge on any atom is -0.289 e.